The zero-order valence-corrected chi connectivity index (χ0v) is 7.73. The van der Waals surface area contributed by atoms with Crippen LogP contribution in [0.1, 0.15) is 29.6 Å². The minimum Gasteiger partial charge on any atom is -0.344 e. The first-order valence-corrected chi connectivity index (χ1v) is 5.30. The van der Waals surface area contributed by atoms with E-state index in [-0.39, 0.29) is 0 Å². The average Bonchev–Trinajstić information content (AvgIpc) is 2.75. The van der Waals surface area contributed by atoms with Crippen LogP contribution in [0.5, 0.6) is 0 Å². The molecule has 4 heteroatoms. The van der Waals surface area contributed by atoms with Crippen molar-refractivity contribution >= 4 is 11.8 Å². The molecule has 0 amide bonds. The molecule has 0 spiro atoms. The van der Waals surface area contributed by atoms with Gasteiger partial charge in [-0.3, -0.25) is 0 Å². The molecule has 1 aromatic rings. The molecule has 0 aliphatic carbocycles. The van der Waals surface area contributed by atoms with Crippen molar-refractivity contribution < 1.29 is 0 Å². The summed E-state index contributed by atoms with van der Waals surface area (Å²) in [6.45, 7) is 0.560. The van der Waals surface area contributed by atoms with Crippen molar-refractivity contribution in [3.8, 4) is 0 Å². The van der Waals surface area contributed by atoms with Gasteiger partial charge in [0.2, 0.25) is 0 Å². The van der Waals surface area contributed by atoms with Gasteiger partial charge in [0.05, 0.1) is 5.25 Å². The zero-order chi connectivity index (χ0) is 8.39. The molecule has 1 aliphatic rings. The molecular weight excluding hydrogens is 170 g/mol. The van der Waals surface area contributed by atoms with Crippen molar-refractivity contribution in [3.63, 3.8) is 0 Å². The van der Waals surface area contributed by atoms with Gasteiger partial charge in [-0.25, -0.2) is 4.98 Å². The van der Waals surface area contributed by atoms with Crippen LogP contribution < -0.4 is 5.73 Å². The van der Waals surface area contributed by atoms with Gasteiger partial charge in [-0.1, -0.05) is 0 Å². The van der Waals surface area contributed by atoms with Crippen LogP contribution in [0, 0.1) is 0 Å². The fourth-order valence-corrected chi connectivity index (χ4v) is 2.67. The number of hydrogen-bond acceptors (Lipinski definition) is 3. The smallest absolute Gasteiger partial charge is 0.119 e. The Bertz CT molecular complexity index is 253. The highest BCUT2D eigenvalue weighted by Gasteiger charge is 2.19. The molecule has 66 valence electrons. The standard InChI is InChI=1S/C8H13N3S/c9-4-6-5-10-8(11-6)7-2-1-3-12-7/h5,7H,1-4,9H2,(H,10,11). The number of thioether (sulfide) groups is 1. The van der Waals surface area contributed by atoms with Gasteiger partial charge in [0.1, 0.15) is 5.82 Å². The van der Waals surface area contributed by atoms with Gasteiger partial charge in [-0.15, -0.1) is 0 Å². The molecule has 12 heavy (non-hydrogen) atoms. The Morgan fingerprint density at radius 2 is 2.67 bits per heavy atom. The maximum Gasteiger partial charge on any atom is 0.119 e. The minimum absolute atomic E-state index is 0.560. The summed E-state index contributed by atoms with van der Waals surface area (Å²) in [6.07, 6.45) is 4.41. The summed E-state index contributed by atoms with van der Waals surface area (Å²) in [5.74, 6) is 2.38. The molecule has 0 aromatic carbocycles. The Kier molecular flexibility index (Phi) is 2.37. The molecule has 1 saturated heterocycles. The van der Waals surface area contributed by atoms with Gasteiger partial charge >= 0.3 is 0 Å². The molecule has 0 bridgehead atoms. The van der Waals surface area contributed by atoms with Crippen LogP contribution in [0.15, 0.2) is 6.20 Å². The lowest BCUT2D eigenvalue weighted by Gasteiger charge is -2.02. The van der Waals surface area contributed by atoms with Crippen molar-refractivity contribution in [2.24, 2.45) is 5.73 Å². The highest BCUT2D eigenvalue weighted by molar-refractivity contribution is 7.99. The molecule has 1 fully saturated rings. The van der Waals surface area contributed by atoms with E-state index in [0.29, 0.717) is 11.8 Å². The van der Waals surface area contributed by atoms with E-state index in [9.17, 15) is 0 Å². The molecule has 0 saturated carbocycles. The van der Waals surface area contributed by atoms with Crippen LogP contribution in [0.3, 0.4) is 0 Å². The van der Waals surface area contributed by atoms with Crippen molar-refractivity contribution in [1.82, 2.24) is 9.97 Å². The van der Waals surface area contributed by atoms with Crippen molar-refractivity contribution in [2.75, 3.05) is 5.75 Å². The van der Waals surface area contributed by atoms with E-state index in [0.717, 1.165) is 11.5 Å². The second-order valence-electron chi connectivity index (χ2n) is 3.00. The van der Waals surface area contributed by atoms with Gasteiger partial charge in [0.25, 0.3) is 0 Å². The summed E-state index contributed by atoms with van der Waals surface area (Å²) in [4.78, 5) is 7.56. The second-order valence-corrected chi connectivity index (χ2v) is 4.31. The second kappa shape index (κ2) is 3.49. The molecule has 0 radical (unpaired) electrons. The average molecular weight is 183 g/mol. The number of rotatable bonds is 2. The first-order chi connectivity index (χ1) is 5.90. The Hall–Kier alpha value is -0.480. The summed E-state index contributed by atoms with van der Waals surface area (Å²) in [7, 11) is 0. The highest BCUT2D eigenvalue weighted by Crippen LogP contribution is 2.38. The molecule has 1 atom stereocenters. The van der Waals surface area contributed by atoms with Gasteiger partial charge in [-0.05, 0) is 18.6 Å². The Balaban J connectivity index is 2.11. The van der Waals surface area contributed by atoms with Crippen molar-refractivity contribution in [2.45, 2.75) is 24.6 Å². The normalized spacial score (nSPS) is 23.2. The zero-order valence-electron chi connectivity index (χ0n) is 6.92. The lowest BCUT2D eigenvalue weighted by atomic mass is 10.2. The summed E-state index contributed by atoms with van der Waals surface area (Å²) >= 11 is 1.98. The van der Waals surface area contributed by atoms with Gasteiger partial charge in [0.15, 0.2) is 0 Å². The van der Waals surface area contributed by atoms with Crippen LogP contribution >= 0.6 is 11.8 Å². The third-order valence-corrected chi connectivity index (χ3v) is 3.49. The van der Waals surface area contributed by atoms with E-state index in [2.05, 4.69) is 9.97 Å². The van der Waals surface area contributed by atoms with Crippen LogP contribution in [0.4, 0.5) is 0 Å². The molecule has 2 heterocycles. The largest absolute Gasteiger partial charge is 0.344 e. The predicted octanol–water partition coefficient (Wildman–Crippen LogP) is 1.44. The summed E-state index contributed by atoms with van der Waals surface area (Å²) in [5.41, 5.74) is 6.52. The quantitative estimate of drug-likeness (QED) is 0.729. The predicted molar refractivity (Wildman–Crippen MR) is 50.9 cm³/mol. The maximum absolute atomic E-state index is 5.48. The number of nitrogens with zero attached hydrogens (tertiary/aromatic N) is 1. The first-order valence-electron chi connectivity index (χ1n) is 4.25. The minimum atomic E-state index is 0.560. The Morgan fingerprint density at radius 3 is 3.25 bits per heavy atom. The molecule has 3 nitrogen and oxygen atoms in total. The number of aromatic nitrogens is 2. The molecule has 2 rings (SSSR count). The van der Waals surface area contributed by atoms with E-state index >= 15 is 0 Å². The lowest BCUT2D eigenvalue weighted by molar-refractivity contribution is 0.786. The van der Waals surface area contributed by atoms with Gasteiger partial charge in [0, 0.05) is 18.4 Å². The van der Waals surface area contributed by atoms with E-state index in [1.54, 1.807) is 0 Å². The van der Waals surface area contributed by atoms with E-state index in [1.807, 2.05) is 18.0 Å². The topological polar surface area (TPSA) is 54.7 Å². The van der Waals surface area contributed by atoms with Crippen molar-refractivity contribution in [1.29, 1.82) is 0 Å². The fourth-order valence-electron chi connectivity index (χ4n) is 1.44. The Labute approximate surface area is 76.1 Å². The lowest BCUT2D eigenvalue weighted by Crippen LogP contribution is -1.97. The molecular formula is C8H13N3S. The van der Waals surface area contributed by atoms with Gasteiger partial charge < -0.3 is 10.7 Å². The van der Waals surface area contributed by atoms with E-state index < -0.39 is 0 Å². The maximum atomic E-state index is 5.48. The third kappa shape index (κ3) is 1.49. The number of H-pyrrole nitrogens is 1. The number of nitrogens with one attached hydrogen (secondary N) is 1. The van der Waals surface area contributed by atoms with Gasteiger partial charge in [-0.2, -0.15) is 11.8 Å². The number of aromatic amines is 1. The molecule has 1 unspecified atom stereocenters. The SMILES string of the molecule is NCc1cnc(C2CCCS2)[nH]1. The monoisotopic (exact) mass is 183 g/mol. The van der Waals surface area contributed by atoms with E-state index in [1.165, 1.54) is 18.6 Å². The summed E-state index contributed by atoms with van der Waals surface area (Å²) in [5, 5.41) is 0.588. The summed E-state index contributed by atoms with van der Waals surface area (Å²) in [6, 6.07) is 0. The third-order valence-electron chi connectivity index (χ3n) is 2.10. The Morgan fingerprint density at radius 1 is 1.75 bits per heavy atom. The first kappa shape index (κ1) is 8.13. The molecule has 1 aromatic heterocycles. The summed E-state index contributed by atoms with van der Waals surface area (Å²) < 4.78 is 0. The number of hydrogen-bond donors (Lipinski definition) is 2. The highest BCUT2D eigenvalue weighted by atomic mass is 32.2. The number of imidazole rings is 1. The van der Waals surface area contributed by atoms with Crippen LogP contribution in [0.25, 0.3) is 0 Å². The molecule has 1 aliphatic heterocycles. The van der Waals surface area contributed by atoms with Crippen LogP contribution in [-0.4, -0.2) is 15.7 Å². The van der Waals surface area contributed by atoms with E-state index in [4.69, 9.17) is 5.73 Å². The van der Waals surface area contributed by atoms with Crippen molar-refractivity contribution in [3.05, 3.63) is 17.7 Å². The molecule has 3 N–H and O–H groups in total. The number of nitrogens with two attached hydrogens (primary N) is 1. The van der Waals surface area contributed by atoms with Crippen LogP contribution in [-0.2, 0) is 6.54 Å². The van der Waals surface area contributed by atoms with Crippen LogP contribution in [0.2, 0.25) is 0 Å². The fraction of sp³-hybridized carbons (Fsp3) is 0.625.